The van der Waals surface area contributed by atoms with Gasteiger partial charge in [-0.05, 0) is 25.2 Å². The molecule has 0 amide bonds. The van der Waals surface area contributed by atoms with Crippen molar-refractivity contribution in [2.75, 3.05) is 17.3 Å². The highest BCUT2D eigenvalue weighted by Gasteiger charge is 2.24. The molecule has 5 heteroatoms. The summed E-state index contributed by atoms with van der Waals surface area (Å²) in [6.07, 6.45) is 8.97. The molecule has 2 unspecified atom stereocenters. The molecule has 1 fully saturated rings. The van der Waals surface area contributed by atoms with E-state index < -0.39 is 0 Å². The third kappa shape index (κ3) is 2.78. The van der Waals surface area contributed by atoms with Crippen molar-refractivity contribution in [3.63, 3.8) is 0 Å². The van der Waals surface area contributed by atoms with Crippen LogP contribution in [0, 0.1) is 0 Å². The highest BCUT2D eigenvalue weighted by atomic mass is 32.2. The molecule has 0 aromatic carbocycles. The van der Waals surface area contributed by atoms with Crippen LogP contribution in [0.3, 0.4) is 0 Å². The highest BCUT2D eigenvalue weighted by Crippen LogP contribution is 2.28. The molecular formula is C11H18N4S. The SMILES string of the molecule is CSC1CCCCC1Nc1nccc(N)n1. The minimum Gasteiger partial charge on any atom is -0.384 e. The van der Waals surface area contributed by atoms with E-state index in [4.69, 9.17) is 5.73 Å². The Hall–Kier alpha value is -0.970. The maximum Gasteiger partial charge on any atom is 0.224 e. The molecule has 88 valence electrons. The van der Waals surface area contributed by atoms with Crippen LogP contribution >= 0.6 is 11.8 Å². The summed E-state index contributed by atoms with van der Waals surface area (Å²) in [5.41, 5.74) is 5.63. The summed E-state index contributed by atoms with van der Waals surface area (Å²) in [4.78, 5) is 8.37. The topological polar surface area (TPSA) is 63.8 Å². The summed E-state index contributed by atoms with van der Waals surface area (Å²) in [6.45, 7) is 0. The number of nitrogens with zero attached hydrogens (tertiary/aromatic N) is 2. The van der Waals surface area contributed by atoms with Gasteiger partial charge in [-0.3, -0.25) is 0 Å². The van der Waals surface area contributed by atoms with Gasteiger partial charge in [-0.25, -0.2) is 4.98 Å². The van der Waals surface area contributed by atoms with Crippen molar-refractivity contribution in [2.24, 2.45) is 0 Å². The highest BCUT2D eigenvalue weighted by molar-refractivity contribution is 7.99. The Morgan fingerprint density at radius 2 is 2.25 bits per heavy atom. The Labute approximate surface area is 100 Å². The van der Waals surface area contributed by atoms with Gasteiger partial charge in [0.15, 0.2) is 0 Å². The number of rotatable bonds is 3. The van der Waals surface area contributed by atoms with Gasteiger partial charge in [0.05, 0.1) is 0 Å². The average Bonchev–Trinajstić information content (AvgIpc) is 2.30. The van der Waals surface area contributed by atoms with Gasteiger partial charge in [0.1, 0.15) is 5.82 Å². The fourth-order valence-electron chi connectivity index (χ4n) is 2.15. The third-order valence-corrected chi connectivity index (χ3v) is 4.17. The fraction of sp³-hybridized carbons (Fsp3) is 0.636. The predicted molar refractivity (Wildman–Crippen MR) is 69.6 cm³/mol. The molecule has 0 bridgehead atoms. The van der Waals surface area contributed by atoms with Crippen LogP contribution in [0.15, 0.2) is 12.3 Å². The summed E-state index contributed by atoms with van der Waals surface area (Å²) in [5, 5.41) is 4.07. The number of nitrogens with one attached hydrogen (secondary N) is 1. The van der Waals surface area contributed by atoms with Crippen LogP contribution in [0.4, 0.5) is 11.8 Å². The van der Waals surface area contributed by atoms with Gasteiger partial charge in [-0.1, -0.05) is 12.8 Å². The van der Waals surface area contributed by atoms with Crippen molar-refractivity contribution < 1.29 is 0 Å². The second-order valence-electron chi connectivity index (χ2n) is 4.11. The normalized spacial score (nSPS) is 25.3. The van der Waals surface area contributed by atoms with Gasteiger partial charge in [0, 0.05) is 17.5 Å². The van der Waals surface area contributed by atoms with Gasteiger partial charge in [0.25, 0.3) is 0 Å². The first-order valence-electron chi connectivity index (χ1n) is 5.67. The fourth-order valence-corrected chi connectivity index (χ4v) is 3.09. The van der Waals surface area contributed by atoms with Crippen LogP contribution in [0.2, 0.25) is 0 Å². The smallest absolute Gasteiger partial charge is 0.224 e. The second kappa shape index (κ2) is 5.39. The zero-order valence-corrected chi connectivity index (χ0v) is 10.3. The lowest BCUT2D eigenvalue weighted by molar-refractivity contribution is 0.473. The zero-order valence-electron chi connectivity index (χ0n) is 9.52. The minimum atomic E-state index is 0.477. The van der Waals surface area contributed by atoms with Crippen LogP contribution in [0.1, 0.15) is 25.7 Å². The first-order valence-corrected chi connectivity index (χ1v) is 6.96. The maximum atomic E-state index is 5.63. The lowest BCUT2D eigenvalue weighted by Crippen LogP contribution is -2.34. The van der Waals surface area contributed by atoms with Gasteiger partial charge < -0.3 is 11.1 Å². The lowest BCUT2D eigenvalue weighted by atomic mass is 9.95. The molecule has 16 heavy (non-hydrogen) atoms. The standard InChI is InChI=1S/C11H18N4S/c1-16-9-5-3-2-4-8(9)14-11-13-7-6-10(12)15-11/h6-9H,2-5H2,1H3,(H3,12,13,14,15). The van der Waals surface area contributed by atoms with E-state index in [1.54, 1.807) is 12.3 Å². The first kappa shape index (κ1) is 11.5. The lowest BCUT2D eigenvalue weighted by Gasteiger charge is -2.30. The van der Waals surface area contributed by atoms with Crippen LogP contribution in [-0.4, -0.2) is 27.5 Å². The summed E-state index contributed by atoms with van der Waals surface area (Å²) >= 11 is 1.93. The van der Waals surface area contributed by atoms with E-state index in [0.29, 0.717) is 23.1 Å². The molecule has 1 aromatic heterocycles. The van der Waals surface area contributed by atoms with Gasteiger partial charge in [-0.2, -0.15) is 16.7 Å². The number of anilines is 2. The molecule has 2 atom stereocenters. The van der Waals surface area contributed by atoms with Gasteiger partial charge in [0.2, 0.25) is 5.95 Å². The van der Waals surface area contributed by atoms with Crippen molar-refractivity contribution in [1.82, 2.24) is 9.97 Å². The Balaban J connectivity index is 2.02. The maximum absolute atomic E-state index is 5.63. The molecule has 1 heterocycles. The Bertz CT molecular complexity index is 345. The number of thioether (sulfide) groups is 1. The van der Waals surface area contributed by atoms with Crippen molar-refractivity contribution in [2.45, 2.75) is 37.0 Å². The molecule has 2 rings (SSSR count). The van der Waals surface area contributed by atoms with E-state index in [9.17, 15) is 0 Å². The molecule has 0 aliphatic heterocycles. The quantitative estimate of drug-likeness (QED) is 0.844. The van der Waals surface area contributed by atoms with E-state index in [1.807, 2.05) is 11.8 Å². The first-order chi connectivity index (χ1) is 7.79. The van der Waals surface area contributed by atoms with E-state index in [1.165, 1.54) is 25.7 Å². The number of hydrogen-bond acceptors (Lipinski definition) is 5. The van der Waals surface area contributed by atoms with Crippen LogP contribution in [0.5, 0.6) is 0 Å². The number of nitrogens with two attached hydrogens (primary N) is 1. The number of aromatic nitrogens is 2. The molecule has 4 nitrogen and oxygen atoms in total. The van der Waals surface area contributed by atoms with E-state index >= 15 is 0 Å². The summed E-state index contributed by atoms with van der Waals surface area (Å²) in [5.74, 6) is 1.18. The monoisotopic (exact) mass is 238 g/mol. The van der Waals surface area contributed by atoms with Gasteiger partial charge >= 0.3 is 0 Å². The van der Waals surface area contributed by atoms with E-state index in [0.717, 1.165) is 0 Å². The second-order valence-corrected chi connectivity index (χ2v) is 5.19. The van der Waals surface area contributed by atoms with Crippen LogP contribution < -0.4 is 11.1 Å². The number of nitrogen functional groups attached to an aromatic ring is 1. The molecule has 1 aliphatic rings. The molecule has 0 radical (unpaired) electrons. The summed E-state index contributed by atoms with van der Waals surface area (Å²) in [6, 6.07) is 2.18. The molecule has 1 aliphatic carbocycles. The minimum absolute atomic E-state index is 0.477. The van der Waals surface area contributed by atoms with E-state index in [2.05, 4.69) is 21.5 Å². The predicted octanol–water partition coefficient (Wildman–Crippen LogP) is 2.14. The molecular weight excluding hydrogens is 220 g/mol. The Morgan fingerprint density at radius 3 is 3.00 bits per heavy atom. The van der Waals surface area contributed by atoms with Gasteiger partial charge in [-0.15, -0.1) is 0 Å². The van der Waals surface area contributed by atoms with Crippen LogP contribution in [-0.2, 0) is 0 Å². The van der Waals surface area contributed by atoms with Crippen LogP contribution in [0.25, 0.3) is 0 Å². The van der Waals surface area contributed by atoms with Crippen molar-refractivity contribution in [3.8, 4) is 0 Å². The molecule has 0 spiro atoms. The van der Waals surface area contributed by atoms with Crippen molar-refractivity contribution >= 4 is 23.5 Å². The Kier molecular flexibility index (Phi) is 3.88. The average molecular weight is 238 g/mol. The molecule has 1 saturated carbocycles. The zero-order chi connectivity index (χ0) is 11.4. The molecule has 1 aromatic rings. The largest absolute Gasteiger partial charge is 0.384 e. The van der Waals surface area contributed by atoms with Crippen molar-refractivity contribution in [3.05, 3.63) is 12.3 Å². The van der Waals surface area contributed by atoms with E-state index in [-0.39, 0.29) is 0 Å². The summed E-state index contributed by atoms with van der Waals surface area (Å²) in [7, 11) is 0. The third-order valence-electron chi connectivity index (χ3n) is 3.00. The Morgan fingerprint density at radius 1 is 1.44 bits per heavy atom. The number of hydrogen-bond donors (Lipinski definition) is 2. The summed E-state index contributed by atoms with van der Waals surface area (Å²) < 4.78 is 0. The van der Waals surface area contributed by atoms with Crippen molar-refractivity contribution in [1.29, 1.82) is 0 Å². The molecule has 3 N–H and O–H groups in total. The molecule has 0 saturated heterocycles.